The molecule has 3 rings (SSSR count). The van der Waals surface area contributed by atoms with Crippen molar-refractivity contribution in [1.29, 1.82) is 0 Å². The van der Waals surface area contributed by atoms with Gasteiger partial charge in [-0.3, -0.25) is 9.78 Å². The van der Waals surface area contributed by atoms with E-state index < -0.39 is 0 Å². The average molecular weight is 346 g/mol. The number of likely N-dealkylation sites (tertiary alicyclic amines) is 1. The van der Waals surface area contributed by atoms with Crippen molar-refractivity contribution < 1.29 is 19.0 Å². The maximum Gasteiger partial charge on any atom is 0.255 e. The molecule has 134 valence electrons. The molecule has 1 saturated heterocycles. The fourth-order valence-electron chi connectivity index (χ4n) is 3.16. The molecule has 0 bridgehead atoms. The zero-order valence-electron chi connectivity index (χ0n) is 14.4. The van der Waals surface area contributed by atoms with Gasteiger partial charge in [-0.05, 0) is 44.4 Å². The third kappa shape index (κ3) is 4.14. The summed E-state index contributed by atoms with van der Waals surface area (Å²) in [5.74, 6) is -0.369. The molecule has 0 unspecified atom stereocenters. The van der Waals surface area contributed by atoms with Crippen molar-refractivity contribution in [3.63, 3.8) is 0 Å². The number of nitrogens with zero attached hydrogens (tertiary/aromatic N) is 2. The fourth-order valence-corrected chi connectivity index (χ4v) is 3.16. The first-order chi connectivity index (χ1) is 12.1. The van der Waals surface area contributed by atoms with E-state index in [1.165, 1.54) is 12.1 Å². The zero-order chi connectivity index (χ0) is 17.8. The molecule has 1 amide bonds. The summed E-state index contributed by atoms with van der Waals surface area (Å²) in [6, 6.07) is 6.20. The molecular weight excluding hydrogens is 323 g/mol. The number of aliphatic hydroxyl groups excluding tert-OH is 1. The van der Waals surface area contributed by atoms with E-state index in [1.807, 2.05) is 4.90 Å². The minimum Gasteiger partial charge on any atom is -0.396 e. The van der Waals surface area contributed by atoms with Crippen LogP contribution in [0.5, 0.6) is 0 Å². The van der Waals surface area contributed by atoms with Crippen molar-refractivity contribution in [2.24, 2.45) is 0 Å². The number of hydrogen-bond donors (Lipinski definition) is 1. The van der Waals surface area contributed by atoms with Crippen LogP contribution < -0.4 is 0 Å². The van der Waals surface area contributed by atoms with Crippen LogP contribution in [0.2, 0.25) is 0 Å². The summed E-state index contributed by atoms with van der Waals surface area (Å²) >= 11 is 0. The van der Waals surface area contributed by atoms with Gasteiger partial charge < -0.3 is 14.7 Å². The molecule has 2 aromatic rings. The number of halogens is 1. The lowest BCUT2D eigenvalue weighted by Gasteiger charge is -2.32. The highest BCUT2D eigenvalue weighted by Crippen LogP contribution is 2.21. The summed E-state index contributed by atoms with van der Waals surface area (Å²) in [7, 11) is 0. The fraction of sp³-hybridized carbons (Fsp3) is 0.474. The lowest BCUT2D eigenvalue weighted by Crippen LogP contribution is -2.41. The van der Waals surface area contributed by atoms with Crippen molar-refractivity contribution in [1.82, 2.24) is 9.88 Å². The lowest BCUT2D eigenvalue weighted by atomic mass is 10.0. The van der Waals surface area contributed by atoms with Crippen LogP contribution in [0.25, 0.3) is 10.9 Å². The number of pyridine rings is 1. The highest BCUT2D eigenvalue weighted by Gasteiger charge is 2.25. The monoisotopic (exact) mass is 346 g/mol. The van der Waals surface area contributed by atoms with Crippen LogP contribution >= 0.6 is 0 Å². The Kier molecular flexibility index (Phi) is 5.60. The third-order valence-corrected chi connectivity index (χ3v) is 4.59. The van der Waals surface area contributed by atoms with Crippen LogP contribution in [0.4, 0.5) is 4.39 Å². The third-order valence-electron chi connectivity index (χ3n) is 4.59. The van der Waals surface area contributed by atoms with Gasteiger partial charge in [0.1, 0.15) is 5.82 Å². The number of aromatic nitrogens is 1. The molecule has 1 N–H and O–H groups in total. The number of amides is 1. The molecule has 1 aliphatic rings. The Bertz CT molecular complexity index is 758. The van der Waals surface area contributed by atoms with E-state index in [9.17, 15) is 9.18 Å². The Balaban J connectivity index is 1.68. The molecule has 1 aromatic carbocycles. The average Bonchev–Trinajstić information content (AvgIpc) is 2.61. The van der Waals surface area contributed by atoms with Crippen molar-refractivity contribution in [2.45, 2.75) is 32.3 Å². The molecular formula is C19H23FN2O3. The van der Waals surface area contributed by atoms with Crippen LogP contribution in [0, 0.1) is 12.7 Å². The maximum absolute atomic E-state index is 13.3. The number of rotatable bonds is 5. The number of piperidine rings is 1. The van der Waals surface area contributed by atoms with Gasteiger partial charge in [-0.1, -0.05) is 0 Å². The molecule has 1 aliphatic heterocycles. The Morgan fingerprint density at radius 3 is 2.84 bits per heavy atom. The summed E-state index contributed by atoms with van der Waals surface area (Å²) < 4.78 is 19.0. The van der Waals surface area contributed by atoms with Crippen LogP contribution in [-0.2, 0) is 4.74 Å². The number of carbonyl (C=O) groups is 1. The van der Waals surface area contributed by atoms with Crippen molar-refractivity contribution in [3.05, 3.63) is 41.3 Å². The van der Waals surface area contributed by atoms with Gasteiger partial charge in [0.2, 0.25) is 0 Å². The number of aliphatic hydroxyl groups is 1. The van der Waals surface area contributed by atoms with Gasteiger partial charge in [0.15, 0.2) is 0 Å². The second-order valence-corrected chi connectivity index (χ2v) is 6.40. The van der Waals surface area contributed by atoms with Gasteiger partial charge in [0.25, 0.3) is 5.91 Å². The maximum atomic E-state index is 13.3. The van der Waals surface area contributed by atoms with E-state index >= 15 is 0 Å². The van der Waals surface area contributed by atoms with Crippen LogP contribution in [-0.4, -0.2) is 53.3 Å². The lowest BCUT2D eigenvalue weighted by molar-refractivity contribution is 0.00395. The zero-order valence-corrected chi connectivity index (χ0v) is 14.4. The highest BCUT2D eigenvalue weighted by molar-refractivity contribution is 5.98. The predicted molar refractivity (Wildman–Crippen MR) is 93.0 cm³/mol. The highest BCUT2D eigenvalue weighted by atomic mass is 19.1. The molecule has 1 aromatic heterocycles. The molecule has 2 heterocycles. The van der Waals surface area contributed by atoms with E-state index in [4.69, 9.17) is 9.84 Å². The molecule has 5 nitrogen and oxygen atoms in total. The summed E-state index contributed by atoms with van der Waals surface area (Å²) in [6.07, 6.45) is 2.38. The minimum atomic E-state index is -0.332. The number of aryl methyl sites for hydroxylation is 1. The first-order valence-corrected chi connectivity index (χ1v) is 8.67. The normalized spacial score (nSPS) is 15.7. The first-order valence-electron chi connectivity index (χ1n) is 8.67. The Morgan fingerprint density at radius 2 is 2.12 bits per heavy atom. The predicted octanol–water partition coefficient (Wildman–Crippen LogP) is 2.69. The molecule has 25 heavy (non-hydrogen) atoms. The SMILES string of the molecule is Cc1nc2cc(F)ccc2cc1C(=O)N1CCC(OCCCO)CC1. The van der Waals surface area contributed by atoms with E-state index in [2.05, 4.69) is 4.98 Å². The van der Waals surface area contributed by atoms with Gasteiger partial charge in [-0.15, -0.1) is 0 Å². The second-order valence-electron chi connectivity index (χ2n) is 6.40. The molecule has 6 heteroatoms. The minimum absolute atomic E-state index is 0.0370. The molecule has 0 radical (unpaired) electrons. The van der Waals surface area contributed by atoms with E-state index in [-0.39, 0.29) is 24.4 Å². The van der Waals surface area contributed by atoms with Crippen molar-refractivity contribution >= 4 is 16.8 Å². The number of carbonyl (C=O) groups excluding carboxylic acids is 1. The molecule has 0 spiro atoms. The topological polar surface area (TPSA) is 62.7 Å². The molecule has 1 fully saturated rings. The Hall–Kier alpha value is -2.05. The van der Waals surface area contributed by atoms with Gasteiger partial charge in [0.05, 0.1) is 22.9 Å². The van der Waals surface area contributed by atoms with Gasteiger partial charge in [0, 0.05) is 37.8 Å². The summed E-state index contributed by atoms with van der Waals surface area (Å²) in [4.78, 5) is 19.0. The summed E-state index contributed by atoms with van der Waals surface area (Å²) in [6.45, 7) is 3.75. The summed E-state index contributed by atoms with van der Waals surface area (Å²) in [5.41, 5.74) is 1.74. The summed E-state index contributed by atoms with van der Waals surface area (Å²) in [5, 5.41) is 9.56. The molecule has 0 atom stereocenters. The smallest absolute Gasteiger partial charge is 0.255 e. The van der Waals surface area contributed by atoms with E-state index in [0.29, 0.717) is 42.9 Å². The van der Waals surface area contributed by atoms with Crippen LogP contribution in [0.3, 0.4) is 0 Å². The van der Waals surface area contributed by atoms with Crippen molar-refractivity contribution in [3.8, 4) is 0 Å². The van der Waals surface area contributed by atoms with Crippen LogP contribution in [0.15, 0.2) is 24.3 Å². The molecule has 0 saturated carbocycles. The van der Waals surface area contributed by atoms with Crippen LogP contribution in [0.1, 0.15) is 35.3 Å². The van der Waals surface area contributed by atoms with Gasteiger partial charge in [-0.2, -0.15) is 0 Å². The second kappa shape index (κ2) is 7.89. The number of hydrogen-bond acceptors (Lipinski definition) is 4. The van der Waals surface area contributed by atoms with Crippen molar-refractivity contribution in [2.75, 3.05) is 26.3 Å². The van der Waals surface area contributed by atoms with E-state index in [1.54, 1.807) is 19.1 Å². The Morgan fingerprint density at radius 1 is 1.36 bits per heavy atom. The quantitative estimate of drug-likeness (QED) is 0.846. The number of fused-ring (bicyclic) bond motifs is 1. The largest absolute Gasteiger partial charge is 0.396 e. The van der Waals surface area contributed by atoms with Gasteiger partial charge >= 0.3 is 0 Å². The first kappa shape index (κ1) is 17.8. The Labute approximate surface area is 146 Å². The molecule has 0 aliphatic carbocycles. The van der Waals surface area contributed by atoms with E-state index in [0.717, 1.165) is 18.2 Å². The number of benzene rings is 1. The number of ether oxygens (including phenoxy) is 1. The standard InChI is InChI=1S/C19H23FN2O3/c1-13-17(11-14-3-4-15(20)12-18(14)21-13)19(24)22-7-5-16(6-8-22)25-10-2-9-23/h3-4,11-12,16,23H,2,5-10H2,1H3. The van der Waals surface area contributed by atoms with Gasteiger partial charge in [-0.25, -0.2) is 4.39 Å².